The van der Waals surface area contributed by atoms with Crippen molar-refractivity contribution >= 4 is 0 Å². The van der Waals surface area contributed by atoms with Gasteiger partial charge in [-0.05, 0) is 38.5 Å². The Morgan fingerprint density at radius 1 is 1.27 bits per heavy atom. The minimum Gasteiger partial charge on any atom is -0.393 e. The van der Waals surface area contributed by atoms with Crippen LogP contribution in [-0.4, -0.2) is 11.2 Å². The van der Waals surface area contributed by atoms with Crippen LogP contribution < -0.4 is 0 Å². The Labute approximate surface area is 94.6 Å². The molecule has 88 valence electrons. The third-order valence-electron chi connectivity index (χ3n) is 3.54. The SMILES string of the molecule is C=C(C)CCC(O)CCC1CCCCC1. The minimum absolute atomic E-state index is 0.0939. The van der Waals surface area contributed by atoms with Gasteiger partial charge < -0.3 is 5.11 Å². The average molecular weight is 210 g/mol. The zero-order chi connectivity index (χ0) is 11.1. The van der Waals surface area contributed by atoms with Crippen LogP contribution in [0.4, 0.5) is 0 Å². The first-order valence-electron chi connectivity index (χ1n) is 6.51. The van der Waals surface area contributed by atoms with E-state index in [1.807, 2.05) is 6.92 Å². The van der Waals surface area contributed by atoms with E-state index < -0.39 is 0 Å². The standard InChI is InChI=1S/C14H26O/c1-12(2)8-10-14(15)11-9-13-6-4-3-5-7-13/h13-15H,1,3-11H2,2H3. The molecule has 0 aromatic carbocycles. The van der Waals surface area contributed by atoms with Gasteiger partial charge in [-0.25, -0.2) is 0 Å². The maximum atomic E-state index is 9.79. The van der Waals surface area contributed by atoms with Crippen molar-refractivity contribution in [2.24, 2.45) is 5.92 Å². The quantitative estimate of drug-likeness (QED) is 0.655. The maximum absolute atomic E-state index is 9.79. The molecule has 0 radical (unpaired) electrons. The lowest BCUT2D eigenvalue weighted by Gasteiger charge is -2.22. The van der Waals surface area contributed by atoms with Crippen molar-refractivity contribution in [2.45, 2.75) is 70.8 Å². The molecule has 1 aliphatic carbocycles. The van der Waals surface area contributed by atoms with Gasteiger partial charge in [-0.3, -0.25) is 0 Å². The second-order valence-electron chi connectivity index (χ2n) is 5.23. The molecule has 0 aromatic heterocycles. The molecule has 0 aliphatic heterocycles. The first kappa shape index (κ1) is 12.8. The van der Waals surface area contributed by atoms with E-state index in [4.69, 9.17) is 0 Å². The van der Waals surface area contributed by atoms with Gasteiger partial charge in [0.1, 0.15) is 0 Å². The Bertz CT molecular complexity index is 180. The Morgan fingerprint density at radius 2 is 1.93 bits per heavy atom. The molecule has 0 amide bonds. The van der Waals surface area contributed by atoms with Crippen molar-refractivity contribution in [1.29, 1.82) is 0 Å². The van der Waals surface area contributed by atoms with E-state index in [2.05, 4.69) is 6.58 Å². The molecule has 15 heavy (non-hydrogen) atoms. The molecular weight excluding hydrogens is 184 g/mol. The van der Waals surface area contributed by atoms with Gasteiger partial charge >= 0.3 is 0 Å². The summed E-state index contributed by atoms with van der Waals surface area (Å²) in [6.45, 7) is 5.90. The summed E-state index contributed by atoms with van der Waals surface area (Å²) in [4.78, 5) is 0. The van der Waals surface area contributed by atoms with E-state index >= 15 is 0 Å². The van der Waals surface area contributed by atoms with Gasteiger partial charge in [0.05, 0.1) is 6.10 Å². The van der Waals surface area contributed by atoms with E-state index in [0.717, 1.165) is 25.2 Å². The van der Waals surface area contributed by atoms with Crippen LogP contribution in [0.2, 0.25) is 0 Å². The van der Waals surface area contributed by atoms with Crippen molar-refractivity contribution < 1.29 is 5.11 Å². The highest BCUT2D eigenvalue weighted by atomic mass is 16.3. The molecule has 1 N–H and O–H groups in total. The molecule has 1 saturated carbocycles. The highest BCUT2D eigenvalue weighted by molar-refractivity contribution is 4.88. The fourth-order valence-corrected chi connectivity index (χ4v) is 2.46. The van der Waals surface area contributed by atoms with Crippen LogP contribution in [-0.2, 0) is 0 Å². The molecular formula is C14H26O. The summed E-state index contributed by atoms with van der Waals surface area (Å²) in [6.07, 6.45) is 11.1. The summed E-state index contributed by atoms with van der Waals surface area (Å²) in [7, 11) is 0. The van der Waals surface area contributed by atoms with Gasteiger partial charge in [0, 0.05) is 0 Å². The van der Waals surface area contributed by atoms with Crippen molar-refractivity contribution in [1.82, 2.24) is 0 Å². The first-order chi connectivity index (χ1) is 7.18. The predicted octanol–water partition coefficient (Wildman–Crippen LogP) is 4.06. The van der Waals surface area contributed by atoms with E-state index in [1.165, 1.54) is 44.1 Å². The van der Waals surface area contributed by atoms with Crippen LogP contribution >= 0.6 is 0 Å². The molecule has 1 heteroatoms. The lowest BCUT2D eigenvalue weighted by atomic mass is 9.85. The van der Waals surface area contributed by atoms with Crippen molar-refractivity contribution in [2.75, 3.05) is 0 Å². The molecule has 1 aliphatic rings. The fraction of sp³-hybridized carbons (Fsp3) is 0.857. The Morgan fingerprint density at radius 3 is 2.53 bits per heavy atom. The van der Waals surface area contributed by atoms with Gasteiger partial charge in [-0.15, -0.1) is 6.58 Å². The van der Waals surface area contributed by atoms with Crippen LogP contribution in [0.5, 0.6) is 0 Å². The Balaban J connectivity index is 2.04. The summed E-state index contributed by atoms with van der Waals surface area (Å²) >= 11 is 0. The number of aliphatic hydroxyl groups excluding tert-OH is 1. The molecule has 0 aromatic rings. The summed E-state index contributed by atoms with van der Waals surface area (Å²) < 4.78 is 0. The molecule has 1 nitrogen and oxygen atoms in total. The highest BCUT2D eigenvalue weighted by Gasteiger charge is 2.14. The van der Waals surface area contributed by atoms with Crippen LogP contribution in [0, 0.1) is 5.92 Å². The van der Waals surface area contributed by atoms with Gasteiger partial charge in [-0.1, -0.05) is 37.7 Å². The zero-order valence-electron chi connectivity index (χ0n) is 10.2. The van der Waals surface area contributed by atoms with E-state index in [-0.39, 0.29) is 6.10 Å². The Hall–Kier alpha value is -0.300. The van der Waals surface area contributed by atoms with Crippen molar-refractivity contribution in [3.05, 3.63) is 12.2 Å². The summed E-state index contributed by atoms with van der Waals surface area (Å²) in [5, 5.41) is 9.79. The summed E-state index contributed by atoms with van der Waals surface area (Å²) in [5.74, 6) is 0.901. The smallest absolute Gasteiger partial charge is 0.0543 e. The van der Waals surface area contributed by atoms with Gasteiger partial charge in [0.2, 0.25) is 0 Å². The molecule has 1 rings (SSSR count). The second kappa shape index (κ2) is 7.05. The molecule has 1 unspecified atom stereocenters. The third-order valence-corrected chi connectivity index (χ3v) is 3.54. The minimum atomic E-state index is -0.0939. The highest BCUT2D eigenvalue weighted by Crippen LogP contribution is 2.28. The molecule has 1 atom stereocenters. The van der Waals surface area contributed by atoms with E-state index in [0.29, 0.717) is 0 Å². The number of rotatable bonds is 6. The van der Waals surface area contributed by atoms with Crippen molar-refractivity contribution in [3.8, 4) is 0 Å². The average Bonchev–Trinajstić information content (AvgIpc) is 2.25. The lowest BCUT2D eigenvalue weighted by molar-refractivity contribution is 0.140. The number of allylic oxidation sites excluding steroid dienone is 1. The summed E-state index contributed by atoms with van der Waals surface area (Å²) in [5.41, 5.74) is 1.19. The lowest BCUT2D eigenvalue weighted by Crippen LogP contribution is -2.12. The molecule has 0 bridgehead atoms. The van der Waals surface area contributed by atoms with Gasteiger partial charge in [-0.2, -0.15) is 0 Å². The van der Waals surface area contributed by atoms with Gasteiger partial charge in [0.25, 0.3) is 0 Å². The molecule has 0 spiro atoms. The third kappa shape index (κ3) is 5.99. The predicted molar refractivity (Wildman–Crippen MR) is 65.9 cm³/mol. The number of hydrogen-bond acceptors (Lipinski definition) is 1. The fourth-order valence-electron chi connectivity index (χ4n) is 2.46. The molecule has 1 fully saturated rings. The van der Waals surface area contributed by atoms with Gasteiger partial charge in [0.15, 0.2) is 0 Å². The molecule has 0 heterocycles. The zero-order valence-corrected chi connectivity index (χ0v) is 10.2. The largest absolute Gasteiger partial charge is 0.393 e. The first-order valence-corrected chi connectivity index (χ1v) is 6.51. The monoisotopic (exact) mass is 210 g/mol. The van der Waals surface area contributed by atoms with E-state index in [9.17, 15) is 5.11 Å². The van der Waals surface area contributed by atoms with Crippen molar-refractivity contribution in [3.63, 3.8) is 0 Å². The number of hydrogen-bond donors (Lipinski definition) is 1. The van der Waals surface area contributed by atoms with E-state index in [1.54, 1.807) is 0 Å². The number of aliphatic hydroxyl groups is 1. The normalized spacial score (nSPS) is 20.1. The summed E-state index contributed by atoms with van der Waals surface area (Å²) in [6, 6.07) is 0. The topological polar surface area (TPSA) is 20.2 Å². The van der Waals surface area contributed by atoms with Crippen LogP contribution in [0.1, 0.15) is 64.7 Å². The van der Waals surface area contributed by atoms with Crippen LogP contribution in [0.25, 0.3) is 0 Å². The molecule has 0 saturated heterocycles. The Kier molecular flexibility index (Phi) is 6.00. The second-order valence-corrected chi connectivity index (χ2v) is 5.23. The van der Waals surface area contributed by atoms with Crippen LogP contribution in [0.15, 0.2) is 12.2 Å². The van der Waals surface area contributed by atoms with Crippen LogP contribution in [0.3, 0.4) is 0 Å². The maximum Gasteiger partial charge on any atom is 0.0543 e.